The third kappa shape index (κ3) is 4.18. The number of aromatic nitrogens is 3. The summed E-state index contributed by atoms with van der Waals surface area (Å²) >= 11 is 3.28. The van der Waals surface area contributed by atoms with Crippen molar-refractivity contribution < 1.29 is 4.79 Å². The van der Waals surface area contributed by atoms with Crippen molar-refractivity contribution in [1.29, 1.82) is 0 Å². The second-order valence-electron chi connectivity index (χ2n) is 8.17. The first-order valence-corrected chi connectivity index (χ1v) is 12.5. The van der Waals surface area contributed by atoms with Gasteiger partial charge in [0.25, 0.3) is 0 Å². The van der Waals surface area contributed by atoms with Crippen molar-refractivity contribution in [3.63, 3.8) is 0 Å². The van der Waals surface area contributed by atoms with Gasteiger partial charge in [0, 0.05) is 17.3 Å². The highest BCUT2D eigenvalue weighted by Crippen LogP contribution is 2.40. The Bertz CT molecular complexity index is 1030. The Morgan fingerprint density at radius 1 is 1.23 bits per heavy atom. The molecule has 7 heteroatoms. The molecule has 156 valence electrons. The zero-order valence-electron chi connectivity index (χ0n) is 17.1. The van der Waals surface area contributed by atoms with Gasteiger partial charge >= 0.3 is 0 Å². The van der Waals surface area contributed by atoms with Gasteiger partial charge in [0.05, 0.1) is 11.3 Å². The predicted molar refractivity (Wildman–Crippen MR) is 121 cm³/mol. The lowest BCUT2D eigenvalue weighted by molar-refractivity contribution is -0.121. The average Bonchev–Trinajstić information content (AvgIpc) is 3.32. The van der Waals surface area contributed by atoms with Crippen molar-refractivity contribution in [3.8, 4) is 0 Å². The molecule has 1 fully saturated rings. The highest BCUT2D eigenvalue weighted by atomic mass is 32.2. The SMILES string of the molecule is C[C@H](Sc1nnc(Cc2cccs2)n1C1CC1)C(=O)N[C@H]1CCCc2ccccc21. The number of thioether (sulfide) groups is 1. The minimum Gasteiger partial charge on any atom is -0.348 e. The van der Waals surface area contributed by atoms with Crippen LogP contribution in [0.15, 0.2) is 46.9 Å². The van der Waals surface area contributed by atoms with E-state index in [2.05, 4.69) is 61.9 Å². The zero-order chi connectivity index (χ0) is 20.5. The summed E-state index contributed by atoms with van der Waals surface area (Å²) in [5, 5.41) is 15.0. The van der Waals surface area contributed by atoms with E-state index in [1.807, 2.05) is 6.92 Å². The van der Waals surface area contributed by atoms with E-state index in [0.29, 0.717) is 6.04 Å². The van der Waals surface area contributed by atoms with Crippen LogP contribution in [0.25, 0.3) is 0 Å². The molecule has 2 heterocycles. The van der Waals surface area contributed by atoms with Crippen molar-refractivity contribution in [2.24, 2.45) is 0 Å². The van der Waals surface area contributed by atoms with Gasteiger partial charge in [-0.25, -0.2) is 0 Å². The summed E-state index contributed by atoms with van der Waals surface area (Å²) in [6.07, 6.45) is 6.37. The number of aryl methyl sites for hydroxylation is 1. The molecule has 0 radical (unpaired) electrons. The van der Waals surface area contributed by atoms with Gasteiger partial charge in [-0.2, -0.15) is 0 Å². The lowest BCUT2D eigenvalue weighted by Gasteiger charge is -2.27. The molecule has 0 bridgehead atoms. The summed E-state index contributed by atoms with van der Waals surface area (Å²) in [7, 11) is 0. The zero-order valence-corrected chi connectivity index (χ0v) is 18.7. The summed E-state index contributed by atoms with van der Waals surface area (Å²) in [4.78, 5) is 14.3. The van der Waals surface area contributed by atoms with Gasteiger partial charge in [0.15, 0.2) is 5.16 Å². The minimum atomic E-state index is -0.213. The lowest BCUT2D eigenvalue weighted by Crippen LogP contribution is -2.36. The molecule has 0 saturated heterocycles. The number of rotatable bonds is 7. The summed E-state index contributed by atoms with van der Waals surface area (Å²) in [6.45, 7) is 1.97. The van der Waals surface area contributed by atoms with Crippen LogP contribution in [-0.4, -0.2) is 25.9 Å². The van der Waals surface area contributed by atoms with Gasteiger partial charge in [0.1, 0.15) is 5.82 Å². The molecule has 1 aromatic carbocycles. The number of hydrogen-bond donors (Lipinski definition) is 1. The number of fused-ring (bicyclic) bond motifs is 1. The summed E-state index contributed by atoms with van der Waals surface area (Å²) < 4.78 is 2.27. The third-order valence-corrected chi connectivity index (χ3v) is 7.83. The van der Waals surface area contributed by atoms with Crippen LogP contribution in [0.3, 0.4) is 0 Å². The maximum atomic E-state index is 13.0. The fourth-order valence-corrected chi connectivity index (χ4v) is 5.83. The fourth-order valence-electron chi connectivity index (χ4n) is 4.18. The van der Waals surface area contributed by atoms with E-state index in [0.717, 1.165) is 36.7 Å². The molecule has 3 aromatic rings. The molecule has 5 rings (SSSR count). The van der Waals surface area contributed by atoms with E-state index >= 15 is 0 Å². The van der Waals surface area contributed by atoms with Crippen molar-refractivity contribution >= 4 is 29.0 Å². The smallest absolute Gasteiger partial charge is 0.233 e. The molecule has 5 nitrogen and oxygen atoms in total. The van der Waals surface area contributed by atoms with Crippen LogP contribution in [-0.2, 0) is 17.6 Å². The van der Waals surface area contributed by atoms with Crippen LogP contribution >= 0.6 is 23.1 Å². The van der Waals surface area contributed by atoms with Gasteiger partial charge in [-0.1, -0.05) is 42.1 Å². The monoisotopic (exact) mass is 438 g/mol. The molecule has 2 aliphatic rings. The number of nitrogens with one attached hydrogen (secondary N) is 1. The van der Waals surface area contributed by atoms with Crippen LogP contribution in [0.4, 0.5) is 0 Å². The average molecular weight is 439 g/mol. The van der Waals surface area contributed by atoms with Crippen molar-refractivity contribution in [2.75, 3.05) is 0 Å². The number of hydrogen-bond acceptors (Lipinski definition) is 5. The first-order chi connectivity index (χ1) is 14.7. The van der Waals surface area contributed by atoms with Crippen LogP contribution in [0.5, 0.6) is 0 Å². The summed E-state index contributed by atoms with van der Waals surface area (Å²) in [5.41, 5.74) is 2.63. The predicted octanol–water partition coefficient (Wildman–Crippen LogP) is 4.94. The molecule has 2 aliphatic carbocycles. The van der Waals surface area contributed by atoms with Crippen molar-refractivity contribution in [2.45, 2.75) is 67.9 Å². The van der Waals surface area contributed by atoms with Crippen molar-refractivity contribution in [1.82, 2.24) is 20.1 Å². The Labute approximate surface area is 185 Å². The third-order valence-electron chi connectivity index (χ3n) is 5.90. The molecule has 2 aromatic heterocycles. The van der Waals surface area contributed by atoms with Gasteiger partial charge in [-0.3, -0.25) is 4.79 Å². The molecule has 1 amide bonds. The molecular formula is C23H26N4OS2. The lowest BCUT2D eigenvalue weighted by atomic mass is 9.88. The van der Waals surface area contributed by atoms with Gasteiger partial charge < -0.3 is 9.88 Å². The first kappa shape index (κ1) is 19.8. The number of benzene rings is 1. The van der Waals surface area contributed by atoms with Crippen LogP contribution < -0.4 is 5.32 Å². The second-order valence-corrected chi connectivity index (χ2v) is 10.5. The van der Waals surface area contributed by atoms with Crippen LogP contribution in [0.1, 0.15) is 66.5 Å². The molecule has 0 aliphatic heterocycles. The standard InChI is InChI=1S/C23H26N4OS2/c1-15(22(28)24-20-10-4-7-16-6-2-3-9-19(16)20)30-23-26-25-21(27(23)17-11-12-17)14-18-8-5-13-29-18/h2-3,5-6,8-9,13,15,17,20H,4,7,10-12,14H2,1H3,(H,24,28)/t15-,20-/m0/s1. The number of carbonyl (C=O) groups excluding carboxylic acids is 1. The van der Waals surface area contributed by atoms with E-state index < -0.39 is 0 Å². The Morgan fingerprint density at radius 2 is 2.10 bits per heavy atom. The molecule has 0 spiro atoms. The molecular weight excluding hydrogens is 412 g/mol. The number of thiophene rings is 1. The Kier molecular flexibility index (Phi) is 5.65. The minimum absolute atomic E-state index is 0.0758. The maximum Gasteiger partial charge on any atom is 0.233 e. The number of carbonyl (C=O) groups is 1. The van der Waals surface area contributed by atoms with E-state index in [9.17, 15) is 4.79 Å². The van der Waals surface area contributed by atoms with Crippen molar-refractivity contribution in [3.05, 3.63) is 63.6 Å². The molecule has 0 unspecified atom stereocenters. The quantitative estimate of drug-likeness (QED) is 0.531. The summed E-state index contributed by atoms with van der Waals surface area (Å²) in [6, 6.07) is 13.3. The highest BCUT2D eigenvalue weighted by molar-refractivity contribution is 8.00. The Morgan fingerprint density at radius 3 is 2.90 bits per heavy atom. The normalized spacial score (nSPS) is 19.3. The van der Waals surface area contributed by atoms with Crippen LogP contribution in [0, 0.1) is 0 Å². The topological polar surface area (TPSA) is 59.8 Å². The maximum absolute atomic E-state index is 13.0. The Hall–Kier alpha value is -2.12. The van der Waals surface area contributed by atoms with Gasteiger partial charge in [0.2, 0.25) is 5.91 Å². The van der Waals surface area contributed by atoms with Crippen LogP contribution in [0.2, 0.25) is 0 Å². The molecule has 1 saturated carbocycles. The summed E-state index contributed by atoms with van der Waals surface area (Å²) in [5.74, 6) is 1.09. The highest BCUT2D eigenvalue weighted by Gasteiger charge is 2.31. The molecule has 1 N–H and O–H groups in total. The number of nitrogens with zero attached hydrogens (tertiary/aromatic N) is 3. The van der Waals surface area contributed by atoms with E-state index in [4.69, 9.17) is 0 Å². The van der Waals surface area contributed by atoms with Gasteiger partial charge in [-0.05, 0) is 61.6 Å². The first-order valence-electron chi connectivity index (χ1n) is 10.7. The number of amides is 1. The Balaban J connectivity index is 1.28. The van der Waals surface area contributed by atoms with E-state index in [-0.39, 0.29) is 17.2 Å². The molecule has 2 atom stereocenters. The van der Waals surface area contributed by atoms with E-state index in [1.54, 1.807) is 11.3 Å². The fraction of sp³-hybridized carbons (Fsp3) is 0.435. The second kappa shape index (κ2) is 8.55. The largest absolute Gasteiger partial charge is 0.348 e. The van der Waals surface area contributed by atoms with Gasteiger partial charge in [-0.15, -0.1) is 21.5 Å². The van der Waals surface area contributed by atoms with E-state index in [1.165, 1.54) is 40.6 Å². The molecule has 30 heavy (non-hydrogen) atoms.